The van der Waals surface area contributed by atoms with E-state index < -0.39 is 7.59 Å². The van der Waals surface area contributed by atoms with Crippen molar-refractivity contribution in [3.8, 4) is 0 Å². The van der Waals surface area contributed by atoms with Gasteiger partial charge in [-0.2, -0.15) is 0 Å². The van der Waals surface area contributed by atoms with Gasteiger partial charge < -0.3 is 4.74 Å². The molecule has 0 aliphatic heterocycles. The second-order valence-electron chi connectivity index (χ2n) is 3.84. The smallest absolute Gasteiger partial charge is 0.250 e. The highest BCUT2D eigenvalue weighted by molar-refractivity contribution is 6.67. The molecule has 0 aliphatic carbocycles. The molecule has 0 saturated carbocycles. The van der Waals surface area contributed by atoms with Gasteiger partial charge in [-0.15, -0.1) is 0 Å². The van der Waals surface area contributed by atoms with Crippen molar-refractivity contribution in [1.82, 2.24) is 15.0 Å². The largest absolute Gasteiger partial charge is 0.385 e. The number of hydrogen-bond acceptors (Lipinski definition) is 4. The van der Waals surface area contributed by atoms with Crippen LogP contribution in [0, 0.1) is 0 Å². The van der Waals surface area contributed by atoms with Crippen LogP contribution in [0.15, 0.2) is 0 Å². The van der Waals surface area contributed by atoms with Crippen molar-refractivity contribution in [3.63, 3.8) is 0 Å². The van der Waals surface area contributed by atoms with Crippen LogP contribution >= 0.6 is 69.6 Å². The fraction of sp³-hybridized carbons (Fsp3) is 0.700. The van der Waals surface area contributed by atoms with Crippen molar-refractivity contribution in [1.29, 1.82) is 0 Å². The van der Waals surface area contributed by atoms with E-state index in [2.05, 4.69) is 15.0 Å². The summed E-state index contributed by atoms with van der Waals surface area (Å²) in [6.45, 7) is 0.639. The zero-order valence-corrected chi connectivity index (χ0v) is 14.9. The summed E-state index contributed by atoms with van der Waals surface area (Å²) < 4.78 is 1.33. The van der Waals surface area contributed by atoms with Crippen molar-refractivity contribution in [2.45, 2.75) is 26.8 Å². The quantitative estimate of drug-likeness (QED) is 0.538. The number of halogens is 6. The number of hydrogen-bond donors (Lipinski definition) is 0. The molecule has 0 fully saturated rings. The topological polar surface area (TPSA) is 47.9 Å². The summed E-state index contributed by atoms with van der Waals surface area (Å²) in [5, 5.41) is 0. The predicted molar refractivity (Wildman–Crippen MR) is 83.1 cm³/mol. The standard InChI is InChI=1S/C10H11Cl6N3O/c1-20-5-3-2-4-6-17-7(9(11,12)13)19-8(18-6)10(14,15)16/h2-5H2,1H3. The molecule has 0 aromatic carbocycles. The maximum atomic E-state index is 5.77. The summed E-state index contributed by atoms with van der Waals surface area (Å²) in [5.74, 6) is 0.264. The maximum Gasteiger partial charge on any atom is 0.250 e. The third-order valence-electron chi connectivity index (χ3n) is 2.19. The highest BCUT2D eigenvalue weighted by atomic mass is 35.6. The van der Waals surface area contributed by atoms with Gasteiger partial charge in [-0.25, -0.2) is 15.0 Å². The molecule has 0 saturated heterocycles. The molecule has 0 radical (unpaired) electrons. The van der Waals surface area contributed by atoms with E-state index in [1.54, 1.807) is 7.11 Å². The fourth-order valence-electron chi connectivity index (χ4n) is 1.31. The van der Waals surface area contributed by atoms with Gasteiger partial charge >= 0.3 is 0 Å². The maximum absolute atomic E-state index is 5.77. The van der Waals surface area contributed by atoms with Gasteiger partial charge in [-0.1, -0.05) is 69.6 Å². The first-order chi connectivity index (χ1) is 9.14. The molecule has 1 rings (SSSR count). The summed E-state index contributed by atoms with van der Waals surface area (Å²) in [5.41, 5.74) is 0. The first kappa shape index (κ1) is 18.8. The molecule has 0 aliphatic rings. The number of rotatable bonds is 5. The molecule has 1 aromatic heterocycles. The molecule has 0 bridgehead atoms. The minimum Gasteiger partial charge on any atom is -0.385 e. The molecular weight excluding hydrogens is 391 g/mol. The Bertz CT molecular complexity index is 413. The molecule has 0 N–H and O–H groups in total. The zero-order valence-electron chi connectivity index (χ0n) is 10.3. The first-order valence-corrected chi connectivity index (χ1v) is 7.79. The average molecular weight is 402 g/mol. The molecule has 4 nitrogen and oxygen atoms in total. The van der Waals surface area contributed by atoms with Crippen molar-refractivity contribution < 1.29 is 4.74 Å². The number of unbranched alkanes of at least 4 members (excludes halogenated alkanes) is 1. The molecule has 10 heteroatoms. The number of aromatic nitrogens is 3. The normalized spacial score (nSPS) is 12.8. The molecule has 114 valence electrons. The lowest BCUT2D eigenvalue weighted by atomic mass is 10.2. The molecule has 0 amide bonds. The van der Waals surface area contributed by atoms with Crippen molar-refractivity contribution >= 4 is 69.6 Å². The van der Waals surface area contributed by atoms with Crippen molar-refractivity contribution in [2.24, 2.45) is 0 Å². The van der Waals surface area contributed by atoms with Gasteiger partial charge in [-0.3, -0.25) is 0 Å². The Kier molecular flexibility index (Phi) is 7.33. The van der Waals surface area contributed by atoms with Gasteiger partial charge in [0.25, 0.3) is 0 Å². The van der Waals surface area contributed by atoms with Crippen LogP contribution < -0.4 is 0 Å². The molecule has 1 aromatic rings. The predicted octanol–water partition coefficient (Wildman–Crippen LogP) is 4.49. The Hall–Kier alpha value is 0.710. The Labute approximate surface area is 147 Å². The van der Waals surface area contributed by atoms with Crippen molar-refractivity contribution in [2.75, 3.05) is 13.7 Å². The highest BCUT2D eigenvalue weighted by Gasteiger charge is 2.33. The molecule has 0 unspecified atom stereocenters. The summed E-state index contributed by atoms with van der Waals surface area (Å²) in [6.07, 6.45) is 2.16. The van der Waals surface area contributed by atoms with Gasteiger partial charge in [0.05, 0.1) is 0 Å². The van der Waals surface area contributed by atoms with E-state index in [0.29, 0.717) is 18.9 Å². The number of alkyl halides is 6. The fourth-order valence-corrected chi connectivity index (χ4v) is 1.82. The van der Waals surface area contributed by atoms with Crippen LogP contribution in [0.2, 0.25) is 0 Å². The number of aryl methyl sites for hydroxylation is 1. The molecule has 0 spiro atoms. The van der Waals surface area contributed by atoms with E-state index in [-0.39, 0.29) is 11.6 Å². The number of ether oxygens (including phenoxy) is 1. The zero-order chi connectivity index (χ0) is 15.4. The Morgan fingerprint density at radius 1 is 0.850 bits per heavy atom. The van der Waals surface area contributed by atoms with Crippen LogP contribution in [0.4, 0.5) is 0 Å². The lowest BCUT2D eigenvalue weighted by Gasteiger charge is -2.15. The third kappa shape index (κ3) is 6.22. The molecular formula is C10H11Cl6N3O. The summed E-state index contributed by atoms with van der Waals surface area (Å²) >= 11 is 34.6. The molecule has 20 heavy (non-hydrogen) atoms. The Morgan fingerprint density at radius 2 is 1.35 bits per heavy atom. The SMILES string of the molecule is COCCCCc1nc(C(Cl)(Cl)Cl)nc(C(Cl)(Cl)Cl)n1. The summed E-state index contributed by atoms with van der Waals surface area (Å²) in [4.78, 5) is 12.0. The minimum absolute atomic E-state index is 0.0689. The minimum atomic E-state index is -1.81. The van der Waals surface area contributed by atoms with Gasteiger partial charge in [0.1, 0.15) is 5.82 Å². The average Bonchev–Trinajstić information content (AvgIpc) is 2.32. The van der Waals surface area contributed by atoms with Crippen LogP contribution in [0.3, 0.4) is 0 Å². The molecule has 0 atom stereocenters. The van der Waals surface area contributed by atoms with E-state index in [9.17, 15) is 0 Å². The lowest BCUT2D eigenvalue weighted by Crippen LogP contribution is -2.18. The highest BCUT2D eigenvalue weighted by Crippen LogP contribution is 2.39. The Balaban J connectivity index is 2.99. The van der Waals surface area contributed by atoms with Gasteiger partial charge in [0, 0.05) is 20.1 Å². The second-order valence-corrected chi connectivity index (χ2v) is 8.41. The van der Waals surface area contributed by atoms with Gasteiger partial charge in [0.2, 0.25) is 7.59 Å². The van der Waals surface area contributed by atoms with Crippen LogP contribution in [0.1, 0.15) is 30.3 Å². The van der Waals surface area contributed by atoms with E-state index in [1.165, 1.54) is 0 Å². The summed E-state index contributed by atoms with van der Waals surface area (Å²) in [7, 11) is 1.63. The van der Waals surface area contributed by atoms with Gasteiger partial charge in [-0.05, 0) is 12.8 Å². The van der Waals surface area contributed by atoms with Crippen LogP contribution in [-0.4, -0.2) is 28.7 Å². The van der Waals surface area contributed by atoms with E-state index >= 15 is 0 Å². The third-order valence-corrected chi connectivity index (χ3v) is 3.20. The Morgan fingerprint density at radius 3 is 1.75 bits per heavy atom. The number of nitrogens with zero attached hydrogens (tertiary/aromatic N) is 3. The van der Waals surface area contributed by atoms with E-state index in [1.807, 2.05) is 0 Å². The second kappa shape index (κ2) is 7.82. The summed E-state index contributed by atoms with van der Waals surface area (Å²) in [6, 6.07) is 0. The van der Waals surface area contributed by atoms with Crippen molar-refractivity contribution in [3.05, 3.63) is 17.5 Å². The van der Waals surface area contributed by atoms with Crippen LogP contribution in [0.25, 0.3) is 0 Å². The van der Waals surface area contributed by atoms with E-state index in [0.717, 1.165) is 12.8 Å². The number of methoxy groups -OCH3 is 1. The van der Waals surface area contributed by atoms with Crippen LogP contribution in [-0.2, 0) is 18.7 Å². The van der Waals surface area contributed by atoms with Gasteiger partial charge in [0.15, 0.2) is 11.6 Å². The van der Waals surface area contributed by atoms with E-state index in [4.69, 9.17) is 74.3 Å². The van der Waals surface area contributed by atoms with Crippen LogP contribution in [0.5, 0.6) is 0 Å². The first-order valence-electron chi connectivity index (χ1n) is 5.53. The monoisotopic (exact) mass is 399 g/mol. The lowest BCUT2D eigenvalue weighted by molar-refractivity contribution is 0.192. The molecule has 1 heterocycles.